The smallest absolute Gasteiger partial charge is 0.200 e. The lowest BCUT2D eigenvalue weighted by Gasteiger charge is -2.39. The monoisotopic (exact) mass is 325 g/mol. The predicted octanol–water partition coefficient (Wildman–Crippen LogP) is 4.47. The lowest BCUT2D eigenvalue weighted by atomic mass is 10.0. The first-order valence-electron chi connectivity index (χ1n) is 4.47. The molecule has 1 atom stereocenters. The van der Waals surface area contributed by atoms with Crippen LogP contribution in [-0.4, -0.2) is 35.6 Å². The van der Waals surface area contributed by atoms with Crippen LogP contribution in [0.3, 0.4) is 0 Å². The van der Waals surface area contributed by atoms with Crippen molar-refractivity contribution in [1.82, 2.24) is 4.90 Å². The Labute approximate surface area is 104 Å². The maximum Gasteiger partial charge on any atom is 0.467 e. The van der Waals surface area contributed by atoms with E-state index in [1.165, 1.54) is 0 Å². The summed E-state index contributed by atoms with van der Waals surface area (Å²) in [5.41, 5.74) is -1.79. The van der Waals surface area contributed by atoms with Crippen molar-refractivity contribution in [3.05, 3.63) is 12.2 Å². The molecule has 0 heterocycles. The van der Waals surface area contributed by atoms with Crippen molar-refractivity contribution in [2.45, 2.75) is 37.7 Å². The standard InChI is InChI=1S/C8H6F11N/c1-3(2)5(9,10)4(6(11,12)13)20(7(14,15)16)8(17,18)19/h4H,1H2,2H3. The summed E-state index contributed by atoms with van der Waals surface area (Å²) in [7, 11) is 0. The molecule has 0 radical (unpaired) electrons. The first-order valence-corrected chi connectivity index (χ1v) is 4.47. The number of hydrogen-bond donors (Lipinski definition) is 0. The molecule has 1 nitrogen and oxygen atoms in total. The maximum absolute atomic E-state index is 13.2. The lowest BCUT2D eigenvalue weighted by molar-refractivity contribution is -0.423. The summed E-state index contributed by atoms with van der Waals surface area (Å²) < 4.78 is 136. The van der Waals surface area contributed by atoms with Gasteiger partial charge >= 0.3 is 18.8 Å². The minimum Gasteiger partial charge on any atom is -0.200 e. The molecule has 0 aromatic rings. The van der Waals surface area contributed by atoms with Gasteiger partial charge in [-0.1, -0.05) is 6.58 Å². The normalized spacial score (nSPS) is 16.4. The molecule has 0 N–H and O–H groups in total. The van der Waals surface area contributed by atoms with E-state index < -0.39 is 41.2 Å². The lowest BCUT2D eigenvalue weighted by Crippen LogP contribution is -2.65. The van der Waals surface area contributed by atoms with Gasteiger partial charge in [0.05, 0.1) is 0 Å². The third kappa shape index (κ3) is 3.96. The van der Waals surface area contributed by atoms with Gasteiger partial charge in [0.25, 0.3) is 5.92 Å². The molecule has 120 valence electrons. The van der Waals surface area contributed by atoms with E-state index in [0.717, 1.165) is 0 Å². The van der Waals surface area contributed by atoms with Crippen molar-refractivity contribution >= 4 is 0 Å². The van der Waals surface area contributed by atoms with Crippen LogP contribution in [0.1, 0.15) is 6.92 Å². The number of rotatable bonds is 3. The summed E-state index contributed by atoms with van der Waals surface area (Å²) in [5.74, 6) is -5.50. The van der Waals surface area contributed by atoms with Crippen molar-refractivity contribution in [3.8, 4) is 0 Å². The van der Waals surface area contributed by atoms with E-state index in [1.54, 1.807) is 0 Å². The summed E-state index contributed by atoms with van der Waals surface area (Å²) in [6.45, 7) is 2.48. The van der Waals surface area contributed by atoms with Crippen LogP contribution >= 0.6 is 0 Å². The maximum atomic E-state index is 13.2. The molecule has 1 unspecified atom stereocenters. The highest BCUT2D eigenvalue weighted by atomic mass is 19.4. The molecule has 0 rings (SSSR count). The van der Waals surface area contributed by atoms with E-state index in [-0.39, 0.29) is 6.92 Å². The Kier molecular flexibility index (Phi) is 4.77. The Hall–Kier alpha value is -1.07. The fourth-order valence-corrected chi connectivity index (χ4v) is 1.18. The van der Waals surface area contributed by atoms with E-state index in [2.05, 4.69) is 6.58 Å². The highest BCUT2D eigenvalue weighted by Gasteiger charge is 2.71. The Morgan fingerprint density at radius 2 is 1.10 bits per heavy atom. The second kappa shape index (κ2) is 5.04. The molecule has 0 aromatic carbocycles. The van der Waals surface area contributed by atoms with Crippen LogP contribution < -0.4 is 0 Å². The second-order valence-electron chi connectivity index (χ2n) is 3.65. The minimum absolute atomic E-state index is 0.184. The molecule has 0 fully saturated rings. The number of halogens is 11. The van der Waals surface area contributed by atoms with E-state index in [0.29, 0.717) is 0 Å². The van der Waals surface area contributed by atoms with Crippen LogP contribution in [0.2, 0.25) is 0 Å². The molecule has 0 aliphatic heterocycles. The van der Waals surface area contributed by atoms with Crippen molar-refractivity contribution in [2.75, 3.05) is 0 Å². The number of alkyl halides is 11. The van der Waals surface area contributed by atoms with Crippen molar-refractivity contribution in [2.24, 2.45) is 0 Å². The van der Waals surface area contributed by atoms with Gasteiger partial charge in [-0.05, 0) is 12.5 Å². The van der Waals surface area contributed by atoms with Gasteiger partial charge in [-0.15, -0.1) is 4.90 Å². The zero-order valence-electron chi connectivity index (χ0n) is 9.39. The highest BCUT2D eigenvalue weighted by Crippen LogP contribution is 2.47. The second-order valence-corrected chi connectivity index (χ2v) is 3.65. The van der Waals surface area contributed by atoms with E-state index >= 15 is 0 Å². The van der Waals surface area contributed by atoms with Crippen molar-refractivity contribution in [1.29, 1.82) is 0 Å². The zero-order chi connectivity index (χ0) is 16.7. The molecular formula is C8H6F11N. The van der Waals surface area contributed by atoms with E-state index in [1.807, 2.05) is 0 Å². The molecule has 0 aliphatic carbocycles. The first-order chi connectivity index (χ1) is 8.43. The van der Waals surface area contributed by atoms with Gasteiger partial charge in [-0.2, -0.15) is 48.3 Å². The number of hydrogen-bond acceptors (Lipinski definition) is 1. The minimum atomic E-state index is -6.71. The van der Waals surface area contributed by atoms with E-state index in [4.69, 9.17) is 0 Å². The van der Waals surface area contributed by atoms with Crippen LogP contribution in [0.25, 0.3) is 0 Å². The van der Waals surface area contributed by atoms with Gasteiger partial charge in [-0.3, -0.25) is 0 Å². The molecule has 0 amide bonds. The van der Waals surface area contributed by atoms with Crippen LogP contribution in [-0.2, 0) is 0 Å². The zero-order valence-corrected chi connectivity index (χ0v) is 9.39. The van der Waals surface area contributed by atoms with Gasteiger partial charge in [0.2, 0.25) is 0 Å². The Bertz CT molecular complexity index is 346. The van der Waals surface area contributed by atoms with Gasteiger partial charge in [0.15, 0.2) is 6.04 Å². The van der Waals surface area contributed by atoms with Crippen LogP contribution in [0.15, 0.2) is 12.2 Å². The Morgan fingerprint density at radius 3 is 1.25 bits per heavy atom. The third-order valence-corrected chi connectivity index (χ3v) is 2.03. The summed E-state index contributed by atoms with van der Waals surface area (Å²) in [6.07, 6.45) is -19.9. The average Bonchev–Trinajstić information content (AvgIpc) is 2.06. The molecule has 0 aromatic heterocycles. The molecular weight excluding hydrogens is 319 g/mol. The Balaban J connectivity index is 6.18. The third-order valence-electron chi connectivity index (χ3n) is 2.03. The van der Waals surface area contributed by atoms with Crippen LogP contribution in [0, 0.1) is 0 Å². The molecule has 20 heavy (non-hydrogen) atoms. The topological polar surface area (TPSA) is 3.24 Å². The highest BCUT2D eigenvalue weighted by molar-refractivity contribution is 5.12. The fraction of sp³-hybridized carbons (Fsp3) is 0.750. The molecule has 0 saturated carbocycles. The predicted molar refractivity (Wildman–Crippen MR) is 43.6 cm³/mol. The summed E-state index contributed by atoms with van der Waals surface area (Å²) in [4.78, 5) is -3.19. The quantitative estimate of drug-likeness (QED) is 0.420. The SMILES string of the molecule is C=C(C)C(F)(F)C(N(C(F)(F)F)C(F)(F)F)C(F)(F)F. The van der Waals surface area contributed by atoms with E-state index in [9.17, 15) is 48.3 Å². The molecule has 12 heteroatoms. The molecule has 0 saturated heterocycles. The fourth-order valence-electron chi connectivity index (χ4n) is 1.18. The average molecular weight is 325 g/mol. The molecule has 0 bridgehead atoms. The summed E-state index contributed by atoms with van der Waals surface area (Å²) >= 11 is 0. The van der Waals surface area contributed by atoms with Gasteiger partial charge in [0, 0.05) is 0 Å². The first kappa shape index (κ1) is 18.9. The van der Waals surface area contributed by atoms with Gasteiger partial charge in [0.1, 0.15) is 0 Å². The van der Waals surface area contributed by atoms with Crippen LogP contribution in [0.4, 0.5) is 48.3 Å². The Morgan fingerprint density at radius 1 is 0.800 bits per heavy atom. The largest absolute Gasteiger partial charge is 0.467 e. The summed E-state index contributed by atoms with van der Waals surface area (Å²) in [5, 5.41) is 0. The van der Waals surface area contributed by atoms with Crippen molar-refractivity contribution in [3.63, 3.8) is 0 Å². The molecule has 0 aliphatic rings. The number of nitrogens with zero attached hydrogens (tertiary/aromatic N) is 1. The van der Waals surface area contributed by atoms with Gasteiger partial charge in [-0.25, -0.2) is 0 Å². The van der Waals surface area contributed by atoms with Crippen LogP contribution in [0.5, 0.6) is 0 Å². The summed E-state index contributed by atoms with van der Waals surface area (Å²) in [6, 6.07) is -5.16. The van der Waals surface area contributed by atoms with Gasteiger partial charge < -0.3 is 0 Å². The molecule has 0 spiro atoms. The van der Waals surface area contributed by atoms with Crippen molar-refractivity contribution < 1.29 is 48.3 Å².